The van der Waals surface area contributed by atoms with Crippen LogP contribution in [0.15, 0.2) is 58.1 Å². The van der Waals surface area contributed by atoms with Crippen molar-refractivity contribution < 1.29 is 28.8 Å². The van der Waals surface area contributed by atoms with Gasteiger partial charge in [0.15, 0.2) is 6.67 Å². The first-order chi connectivity index (χ1) is 19.2. The number of halogens is 1. The molecule has 0 amide bonds. The number of pyridine rings is 1. The van der Waals surface area contributed by atoms with Gasteiger partial charge in [0, 0.05) is 30.6 Å². The van der Waals surface area contributed by atoms with E-state index in [1.54, 1.807) is 16.7 Å². The van der Waals surface area contributed by atoms with Crippen LogP contribution in [0.25, 0.3) is 17.0 Å². The maximum absolute atomic E-state index is 15.6. The molecule has 4 aliphatic rings. The third-order valence-electron chi connectivity index (χ3n) is 8.37. The number of carbonyl (C=O) groups is 2. The van der Waals surface area contributed by atoms with Crippen molar-refractivity contribution in [2.24, 2.45) is 5.10 Å². The molecule has 1 aromatic heterocycles. The van der Waals surface area contributed by atoms with Crippen LogP contribution in [0, 0.1) is 5.82 Å². The lowest BCUT2D eigenvalue weighted by Gasteiger charge is -2.30. The highest BCUT2D eigenvalue weighted by Crippen LogP contribution is 2.39. The summed E-state index contributed by atoms with van der Waals surface area (Å²) in [6.07, 6.45) is 5.50. The summed E-state index contributed by atoms with van der Waals surface area (Å²) in [5, 5.41) is 24.5. The molecular weight excluding hydrogens is 517 g/mol. The highest BCUT2D eigenvalue weighted by Gasteiger charge is 2.46. The molecule has 3 aliphatic heterocycles. The largest absolute Gasteiger partial charge is 0.478 e. The molecule has 1 aliphatic carbocycles. The Balaban J connectivity index is 1.23. The van der Waals surface area contributed by atoms with Crippen molar-refractivity contribution in [2.45, 2.75) is 25.3 Å². The van der Waals surface area contributed by atoms with E-state index in [2.05, 4.69) is 0 Å². The zero-order chi connectivity index (χ0) is 27.8. The second kappa shape index (κ2) is 8.75. The first-order valence-corrected chi connectivity index (χ1v) is 13.4. The second-order valence-electron chi connectivity index (χ2n) is 10.9. The lowest BCUT2D eigenvalue weighted by Crippen LogP contribution is -2.48. The normalized spacial score (nSPS) is 22.0. The van der Waals surface area contributed by atoms with Crippen molar-refractivity contribution in [1.29, 1.82) is 0 Å². The number of aromatic carboxylic acids is 1. The number of carboxylic acid groups (broad SMARTS) is 2. The number of aromatic nitrogens is 1. The van der Waals surface area contributed by atoms with Gasteiger partial charge in [-0.1, -0.05) is 23.3 Å². The minimum absolute atomic E-state index is 0.0702. The average Bonchev–Trinajstić information content (AvgIpc) is 3.72. The standard InChI is InChI=1S/C29H26FN5O5/c30-22-13-19-24(33(18-6-7-18)15-21(26(19)36)29(39)40)14-25(22)32-8-3-10-35(11-9-32)16-34-23-5-2-1-4-17(23)12-20(28(37)38)27(34)31-35/h1-2,4-5,12-15,18H,3,6-11,16H2,(H-,37,38,39,40)/p+1. The SMILES string of the molecule is O=C(O)C1=Cc2ccccc2N2C[N+]3(CCCN(c4cc5c(cc4F)c(=O)c(C(=O)O)cn5C4CC4)CC3)N=C12. The molecule has 204 valence electrons. The lowest BCUT2D eigenvalue weighted by atomic mass is 10.0. The Morgan fingerprint density at radius 2 is 1.82 bits per heavy atom. The molecule has 7 rings (SSSR count). The molecule has 11 heteroatoms. The van der Waals surface area contributed by atoms with E-state index < -0.39 is 23.2 Å². The Kier molecular flexibility index (Phi) is 5.36. The molecule has 1 saturated heterocycles. The Hall–Kier alpha value is -4.51. The highest BCUT2D eigenvalue weighted by atomic mass is 19.1. The number of quaternary nitrogens is 1. The minimum atomic E-state index is -1.32. The summed E-state index contributed by atoms with van der Waals surface area (Å²) in [6, 6.07) is 10.6. The van der Waals surface area contributed by atoms with Crippen LogP contribution in [0.3, 0.4) is 0 Å². The van der Waals surface area contributed by atoms with Crippen LogP contribution in [0.1, 0.15) is 41.2 Å². The number of carboxylic acids is 2. The summed E-state index contributed by atoms with van der Waals surface area (Å²) in [6.45, 7) is 2.73. The van der Waals surface area contributed by atoms with Gasteiger partial charge in [0.25, 0.3) is 0 Å². The van der Waals surface area contributed by atoms with Crippen LogP contribution in [0.4, 0.5) is 15.8 Å². The summed E-state index contributed by atoms with van der Waals surface area (Å²) in [7, 11) is 0. The molecule has 40 heavy (non-hydrogen) atoms. The third kappa shape index (κ3) is 3.80. The van der Waals surface area contributed by atoms with Gasteiger partial charge >= 0.3 is 11.9 Å². The van der Waals surface area contributed by atoms with E-state index in [1.165, 1.54) is 12.3 Å². The van der Waals surface area contributed by atoms with Crippen LogP contribution in [-0.4, -0.2) is 70.0 Å². The predicted octanol–water partition coefficient (Wildman–Crippen LogP) is 3.47. The molecule has 10 nitrogen and oxygen atoms in total. The molecule has 1 unspecified atom stereocenters. The van der Waals surface area contributed by atoms with E-state index in [0.717, 1.165) is 24.1 Å². The average molecular weight is 545 g/mol. The fourth-order valence-corrected chi connectivity index (χ4v) is 6.22. The number of nitrogens with zero attached hydrogens (tertiary/aromatic N) is 5. The summed E-state index contributed by atoms with van der Waals surface area (Å²) >= 11 is 0. The molecule has 2 aromatic carbocycles. The fraction of sp³-hybridized carbons (Fsp3) is 0.310. The maximum atomic E-state index is 15.6. The van der Waals surface area contributed by atoms with Gasteiger partial charge in [-0.3, -0.25) is 9.69 Å². The topological polar surface area (TPSA) is 115 Å². The summed E-state index contributed by atoms with van der Waals surface area (Å²) in [5.41, 5.74) is 1.78. The molecule has 1 spiro atoms. The van der Waals surface area contributed by atoms with Crippen LogP contribution >= 0.6 is 0 Å². The number of para-hydroxylation sites is 1. The van der Waals surface area contributed by atoms with Gasteiger partial charge in [0.1, 0.15) is 30.0 Å². The molecule has 1 atom stereocenters. The van der Waals surface area contributed by atoms with E-state index in [0.29, 0.717) is 60.9 Å². The molecule has 0 radical (unpaired) electrons. The molecule has 0 bridgehead atoms. The van der Waals surface area contributed by atoms with Crippen LogP contribution < -0.4 is 15.2 Å². The third-order valence-corrected chi connectivity index (χ3v) is 8.37. The van der Waals surface area contributed by atoms with E-state index in [-0.39, 0.29) is 22.6 Å². The highest BCUT2D eigenvalue weighted by molar-refractivity contribution is 6.29. The van der Waals surface area contributed by atoms with Crippen molar-refractivity contribution in [3.8, 4) is 0 Å². The van der Waals surface area contributed by atoms with Crippen molar-refractivity contribution in [3.63, 3.8) is 0 Å². The summed E-state index contributed by atoms with van der Waals surface area (Å²) < 4.78 is 17.7. The number of fused-ring (bicyclic) bond motifs is 4. The summed E-state index contributed by atoms with van der Waals surface area (Å²) in [5.74, 6) is -2.47. The lowest BCUT2D eigenvalue weighted by molar-refractivity contribution is -0.926. The first kappa shape index (κ1) is 24.5. The Morgan fingerprint density at radius 1 is 1.02 bits per heavy atom. The molecule has 2 N–H and O–H groups in total. The van der Waals surface area contributed by atoms with Gasteiger partial charge in [-0.05, 0) is 42.7 Å². The molecular formula is C29H27FN5O5+. The van der Waals surface area contributed by atoms with Crippen molar-refractivity contribution in [2.75, 3.05) is 42.6 Å². The number of amidine groups is 1. The van der Waals surface area contributed by atoms with Gasteiger partial charge in [-0.25, -0.2) is 14.0 Å². The summed E-state index contributed by atoms with van der Waals surface area (Å²) in [4.78, 5) is 40.6. The van der Waals surface area contributed by atoms with Gasteiger partial charge in [0.05, 0.1) is 23.4 Å². The van der Waals surface area contributed by atoms with Gasteiger partial charge in [-0.15, -0.1) is 0 Å². The smallest absolute Gasteiger partial charge is 0.341 e. The zero-order valence-corrected chi connectivity index (χ0v) is 21.6. The second-order valence-corrected chi connectivity index (χ2v) is 10.9. The Bertz CT molecular complexity index is 1740. The van der Waals surface area contributed by atoms with Gasteiger partial charge < -0.3 is 19.7 Å². The predicted molar refractivity (Wildman–Crippen MR) is 147 cm³/mol. The van der Waals surface area contributed by atoms with E-state index in [4.69, 9.17) is 5.10 Å². The number of rotatable bonds is 4. The van der Waals surface area contributed by atoms with E-state index in [9.17, 15) is 24.6 Å². The van der Waals surface area contributed by atoms with Gasteiger partial charge in [0.2, 0.25) is 11.3 Å². The number of anilines is 2. The maximum Gasteiger partial charge on any atom is 0.341 e. The number of benzene rings is 2. The van der Waals surface area contributed by atoms with Crippen LogP contribution in [-0.2, 0) is 4.79 Å². The number of hydrogen-bond acceptors (Lipinski definition) is 6. The Labute approximate surface area is 228 Å². The molecule has 3 aromatic rings. The van der Waals surface area contributed by atoms with Gasteiger partial charge in [-0.2, -0.15) is 4.59 Å². The quantitative estimate of drug-likeness (QED) is 0.484. The molecule has 4 heterocycles. The van der Waals surface area contributed by atoms with Crippen LogP contribution in [0.2, 0.25) is 0 Å². The van der Waals surface area contributed by atoms with Crippen molar-refractivity contribution in [3.05, 3.63) is 75.3 Å². The monoisotopic (exact) mass is 544 g/mol. The fourth-order valence-electron chi connectivity index (χ4n) is 6.22. The van der Waals surface area contributed by atoms with E-state index >= 15 is 4.39 Å². The first-order valence-electron chi connectivity index (χ1n) is 13.4. The van der Waals surface area contributed by atoms with E-state index in [1.807, 2.05) is 34.1 Å². The van der Waals surface area contributed by atoms with Crippen molar-refractivity contribution in [1.82, 2.24) is 4.57 Å². The Morgan fingerprint density at radius 3 is 2.58 bits per heavy atom. The molecule has 2 fully saturated rings. The van der Waals surface area contributed by atoms with Crippen molar-refractivity contribution >= 4 is 46.1 Å². The number of aliphatic carboxylic acids is 1. The zero-order valence-electron chi connectivity index (χ0n) is 21.6. The van der Waals surface area contributed by atoms with Crippen LogP contribution in [0.5, 0.6) is 0 Å². The molecule has 1 saturated carbocycles. The number of hydrogen-bond donors (Lipinski definition) is 2. The minimum Gasteiger partial charge on any atom is -0.478 e.